The van der Waals surface area contributed by atoms with E-state index < -0.39 is 30.0 Å². The summed E-state index contributed by atoms with van der Waals surface area (Å²) in [6.45, 7) is 7.86. The maximum absolute atomic E-state index is 13.3. The molecule has 12 nitrogen and oxygen atoms in total. The fourth-order valence-corrected chi connectivity index (χ4v) is 5.53. The number of ether oxygens (including phenoxy) is 1. The normalized spacial score (nSPS) is 13.1. The van der Waals surface area contributed by atoms with Crippen LogP contribution >= 0.6 is 0 Å². The van der Waals surface area contributed by atoms with Crippen LogP contribution < -0.4 is 21.8 Å². The quantitative estimate of drug-likeness (QED) is 0.0967. The van der Waals surface area contributed by atoms with E-state index in [0.29, 0.717) is 23.0 Å². The Morgan fingerprint density at radius 3 is 2.00 bits per heavy atom. The van der Waals surface area contributed by atoms with Crippen LogP contribution in [0, 0.1) is 11.8 Å². The smallest absolute Gasteiger partial charge is 0.408 e. The molecule has 0 fully saturated rings. The van der Waals surface area contributed by atoms with Gasteiger partial charge in [0, 0.05) is 11.6 Å². The average Bonchev–Trinajstić information content (AvgIpc) is 3.35. The molecule has 0 unspecified atom stereocenters. The van der Waals surface area contributed by atoms with Gasteiger partial charge in [-0.15, -0.1) is 0 Å². The minimum absolute atomic E-state index is 0.0291. The van der Waals surface area contributed by atoms with E-state index in [2.05, 4.69) is 21.2 Å². The van der Waals surface area contributed by atoms with Crippen molar-refractivity contribution in [2.45, 2.75) is 65.1 Å². The number of carbonyl (C=O) groups excluding carboxylic acids is 4. The minimum Gasteiger partial charge on any atom is -0.445 e. The highest BCUT2D eigenvalue weighted by Gasteiger charge is 2.30. The molecule has 1 aliphatic rings. The van der Waals surface area contributed by atoms with Crippen molar-refractivity contribution < 1.29 is 28.8 Å². The number of fused-ring (bicyclic) bond motifs is 3. The lowest BCUT2D eigenvalue weighted by Gasteiger charge is -2.24. The number of amides is 3. The summed E-state index contributed by atoms with van der Waals surface area (Å²) in [7, 11) is 0. The molecule has 12 heteroatoms. The van der Waals surface area contributed by atoms with Gasteiger partial charge in [-0.3, -0.25) is 9.59 Å². The molecular weight excluding hydrogens is 600 g/mol. The average molecular weight is 643 g/mol. The molecule has 3 aromatic carbocycles. The lowest BCUT2D eigenvalue weighted by Crippen LogP contribution is -2.51. The number of isocyanates is 1. The summed E-state index contributed by atoms with van der Waals surface area (Å²) in [6.07, 6.45) is 1.47. The van der Waals surface area contributed by atoms with Crippen LogP contribution in [0.4, 0.5) is 10.5 Å². The second-order valence-corrected chi connectivity index (χ2v) is 12.3. The van der Waals surface area contributed by atoms with Crippen LogP contribution in [-0.4, -0.2) is 48.0 Å². The highest BCUT2D eigenvalue weighted by Crippen LogP contribution is 2.44. The van der Waals surface area contributed by atoms with Crippen LogP contribution in [0.3, 0.4) is 0 Å². The van der Waals surface area contributed by atoms with Crippen LogP contribution in [0.1, 0.15) is 63.1 Å². The predicted molar refractivity (Wildman–Crippen MR) is 177 cm³/mol. The third-order valence-electron chi connectivity index (χ3n) is 7.69. The van der Waals surface area contributed by atoms with Crippen LogP contribution in [0.2, 0.25) is 0 Å². The topological polar surface area (TPSA) is 164 Å². The molecule has 2 atom stereocenters. The van der Waals surface area contributed by atoms with Gasteiger partial charge in [0.15, 0.2) is 0 Å². The number of hydrogen-bond donors (Lipinski definition) is 4. The van der Waals surface area contributed by atoms with E-state index in [9.17, 15) is 19.2 Å². The molecule has 0 radical (unpaired) electrons. The van der Waals surface area contributed by atoms with E-state index in [1.165, 1.54) is 6.08 Å². The standard InChI is InChI=1S/C35H42N6O6/c1-22(2)17-31(33(36)43)38-25-15-13-24(14-16-25)19-46-35(45)39-32(18-23(3)4)34(44)40-41(37-21-42)47-20-30-28-11-7-5-9-26(28)27-10-6-8-12-29(27)30/h5-16,22-23,30-32,38H,17-20H2,1-4H3,(H2,36,43)(H,39,45)(H,40,44)/t31-,32+/m0/s1. The molecule has 3 aromatic rings. The Hall–Kier alpha value is -5.19. The Morgan fingerprint density at radius 1 is 0.872 bits per heavy atom. The van der Waals surface area contributed by atoms with Gasteiger partial charge in [-0.2, -0.15) is 0 Å². The van der Waals surface area contributed by atoms with Crippen molar-refractivity contribution in [1.82, 2.24) is 16.0 Å². The van der Waals surface area contributed by atoms with Gasteiger partial charge in [-0.05, 0) is 69.7 Å². The third-order valence-corrected chi connectivity index (χ3v) is 7.69. The number of hydrazine groups is 1. The Balaban J connectivity index is 1.33. The van der Waals surface area contributed by atoms with Gasteiger partial charge in [-0.1, -0.05) is 93.6 Å². The Kier molecular flexibility index (Phi) is 12.1. The van der Waals surface area contributed by atoms with E-state index in [0.717, 1.165) is 22.3 Å². The summed E-state index contributed by atoms with van der Waals surface area (Å²) in [5, 5.41) is 9.91. The zero-order chi connectivity index (χ0) is 33.9. The number of anilines is 1. The molecule has 47 heavy (non-hydrogen) atoms. The van der Waals surface area contributed by atoms with Gasteiger partial charge in [-0.25, -0.2) is 19.9 Å². The summed E-state index contributed by atoms with van der Waals surface area (Å²) < 4.78 is 5.38. The summed E-state index contributed by atoms with van der Waals surface area (Å²) in [4.78, 5) is 54.8. The molecule has 3 amide bonds. The molecule has 0 aromatic heterocycles. The molecule has 0 bridgehead atoms. The van der Waals surface area contributed by atoms with E-state index in [1.54, 1.807) is 24.3 Å². The Labute approximate surface area is 274 Å². The van der Waals surface area contributed by atoms with Crippen molar-refractivity contribution in [3.63, 3.8) is 0 Å². The van der Waals surface area contributed by atoms with Crippen molar-refractivity contribution >= 4 is 29.7 Å². The SMILES string of the molecule is CC(C)C[C@H](Nc1ccc(COC(=O)N[C@H](CC(C)C)C(=O)NN(N=C=O)OCC2c3ccccc3-c3ccccc32)cc1)C(N)=O. The second kappa shape index (κ2) is 16.4. The van der Waals surface area contributed by atoms with Gasteiger partial charge in [0.2, 0.25) is 5.91 Å². The van der Waals surface area contributed by atoms with Crippen molar-refractivity contribution in [1.29, 1.82) is 0 Å². The predicted octanol–water partition coefficient (Wildman–Crippen LogP) is 4.97. The Morgan fingerprint density at radius 2 is 1.45 bits per heavy atom. The molecule has 5 N–H and O–H groups in total. The summed E-state index contributed by atoms with van der Waals surface area (Å²) >= 11 is 0. The maximum Gasteiger partial charge on any atom is 0.408 e. The summed E-state index contributed by atoms with van der Waals surface area (Å²) in [5.74, 6) is -0.919. The van der Waals surface area contributed by atoms with Crippen LogP contribution in [0.15, 0.2) is 77.9 Å². The first kappa shape index (κ1) is 34.7. The van der Waals surface area contributed by atoms with E-state index >= 15 is 0 Å². The maximum atomic E-state index is 13.3. The first-order valence-corrected chi connectivity index (χ1v) is 15.6. The molecule has 248 valence electrons. The Bertz CT molecular complexity index is 1540. The first-order valence-electron chi connectivity index (χ1n) is 15.6. The summed E-state index contributed by atoms with van der Waals surface area (Å²) in [6, 6.07) is 21.5. The minimum atomic E-state index is -1.01. The number of benzene rings is 3. The van der Waals surface area contributed by atoms with Crippen molar-refractivity contribution in [2.75, 3.05) is 11.9 Å². The van der Waals surface area contributed by atoms with Crippen molar-refractivity contribution in [3.8, 4) is 11.1 Å². The molecule has 4 rings (SSSR count). The highest BCUT2D eigenvalue weighted by molar-refractivity contribution is 5.85. The number of rotatable bonds is 16. The van der Waals surface area contributed by atoms with Gasteiger partial charge >= 0.3 is 6.09 Å². The van der Waals surface area contributed by atoms with Crippen LogP contribution in [-0.2, 0) is 30.6 Å². The highest BCUT2D eigenvalue weighted by atomic mass is 16.7. The monoisotopic (exact) mass is 642 g/mol. The number of nitrogens with one attached hydrogen (secondary N) is 3. The zero-order valence-corrected chi connectivity index (χ0v) is 27.1. The summed E-state index contributed by atoms with van der Waals surface area (Å²) in [5.41, 5.74) is 13.7. The molecule has 0 spiro atoms. The van der Waals surface area contributed by atoms with Gasteiger partial charge in [0.05, 0.1) is 6.61 Å². The van der Waals surface area contributed by atoms with Crippen LogP contribution in [0.25, 0.3) is 11.1 Å². The van der Waals surface area contributed by atoms with Crippen LogP contribution in [0.5, 0.6) is 0 Å². The number of hydrazone groups is 1. The van der Waals surface area contributed by atoms with Crippen molar-refractivity contribution in [3.05, 3.63) is 89.5 Å². The number of carbonyl (C=O) groups is 3. The molecule has 1 aliphatic carbocycles. The number of primary amides is 1. The number of nitrogens with zero attached hydrogens (tertiary/aromatic N) is 2. The fourth-order valence-electron chi connectivity index (χ4n) is 5.53. The van der Waals surface area contributed by atoms with E-state index in [4.69, 9.17) is 15.3 Å². The fraction of sp³-hybridized carbons (Fsp3) is 0.371. The molecule has 0 saturated heterocycles. The lowest BCUT2D eigenvalue weighted by molar-refractivity contribution is -0.201. The molecule has 0 aliphatic heterocycles. The second-order valence-electron chi connectivity index (χ2n) is 12.3. The van der Waals surface area contributed by atoms with Gasteiger partial charge in [0.1, 0.15) is 18.7 Å². The molecular formula is C35H42N6O6. The number of hydrogen-bond acceptors (Lipinski definition) is 9. The van der Waals surface area contributed by atoms with Crippen molar-refractivity contribution in [2.24, 2.45) is 22.7 Å². The van der Waals surface area contributed by atoms with Gasteiger partial charge < -0.3 is 21.1 Å². The number of nitrogens with two attached hydrogens (primary N) is 1. The number of alkyl carbamates (subject to hydrolysis) is 1. The lowest BCUT2D eigenvalue weighted by atomic mass is 9.98. The first-order chi connectivity index (χ1) is 22.5. The molecule has 0 heterocycles. The molecule has 0 saturated carbocycles. The zero-order valence-electron chi connectivity index (χ0n) is 27.1. The third kappa shape index (κ3) is 9.65. The van der Waals surface area contributed by atoms with E-state index in [-0.39, 0.29) is 37.4 Å². The van der Waals surface area contributed by atoms with Gasteiger partial charge in [0.25, 0.3) is 12.0 Å². The van der Waals surface area contributed by atoms with E-state index in [1.807, 2.05) is 76.2 Å². The largest absolute Gasteiger partial charge is 0.445 e.